The fourth-order valence-electron chi connectivity index (χ4n) is 1.50. The minimum Gasteiger partial charge on any atom is -0.342 e. The molecule has 0 unspecified atom stereocenters. The molecule has 0 saturated heterocycles. The van der Waals surface area contributed by atoms with Gasteiger partial charge >= 0.3 is 0 Å². The zero-order valence-corrected chi connectivity index (χ0v) is 11.3. The molecular weight excluding hydrogens is 263 g/mol. The maximum Gasteiger partial charge on any atom is 0.269 e. The minimum absolute atomic E-state index is 0.0184. The van der Waals surface area contributed by atoms with E-state index in [1.807, 2.05) is 13.8 Å². The van der Waals surface area contributed by atoms with Gasteiger partial charge in [-0.3, -0.25) is 9.59 Å². The summed E-state index contributed by atoms with van der Waals surface area (Å²) >= 11 is 11.5. The van der Waals surface area contributed by atoms with E-state index < -0.39 is 5.56 Å². The number of hydrogen-bond acceptors (Lipinski definition) is 2. The van der Waals surface area contributed by atoms with Gasteiger partial charge in [0.15, 0.2) is 0 Å². The summed E-state index contributed by atoms with van der Waals surface area (Å²) in [6.07, 6.45) is 1.41. The van der Waals surface area contributed by atoms with Crippen molar-refractivity contribution >= 4 is 29.1 Å². The predicted octanol–water partition coefficient (Wildman–Crippen LogP) is 2.02. The van der Waals surface area contributed by atoms with Crippen LogP contribution in [0.25, 0.3) is 0 Å². The van der Waals surface area contributed by atoms with Crippen LogP contribution in [0.4, 0.5) is 0 Å². The second-order valence-corrected chi connectivity index (χ2v) is 4.35. The molecule has 94 valence electrons. The molecule has 1 heterocycles. The summed E-state index contributed by atoms with van der Waals surface area (Å²) in [6.45, 7) is 4.95. The quantitative estimate of drug-likeness (QED) is 0.845. The summed E-state index contributed by atoms with van der Waals surface area (Å²) in [5.74, 6) is -0.129. The predicted molar refractivity (Wildman–Crippen MR) is 68.7 cm³/mol. The molecule has 0 aromatic carbocycles. The molecule has 0 bridgehead atoms. The number of nitrogens with zero attached hydrogens (tertiary/aromatic N) is 2. The maximum absolute atomic E-state index is 11.8. The van der Waals surface area contributed by atoms with Crippen molar-refractivity contribution in [2.75, 3.05) is 13.1 Å². The monoisotopic (exact) mass is 276 g/mol. The second kappa shape index (κ2) is 6.07. The van der Waals surface area contributed by atoms with E-state index in [4.69, 9.17) is 23.2 Å². The highest BCUT2D eigenvalue weighted by Crippen LogP contribution is 2.11. The van der Waals surface area contributed by atoms with Crippen molar-refractivity contribution in [3.8, 4) is 0 Å². The largest absolute Gasteiger partial charge is 0.342 e. The van der Waals surface area contributed by atoms with Crippen LogP contribution in [0.5, 0.6) is 0 Å². The molecule has 0 aliphatic rings. The number of pyridine rings is 1. The van der Waals surface area contributed by atoms with Gasteiger partial charge in [0.25, 0.3) is 5.56 Å². The SMILES string of the molecule is CCN(CC)C(=O)Cn1cc(Cl)cc(Cl)c1=O. The number of amides is 1. The molecule has 4 nitrogen and oxygen atoms in total. The topological polar surface area (TPSA) is 42.3 Å². The van der Waals surface area contributed by atoms with Crippen LogP contribution in [0.3, 0.4) is 0 Å². The summed E-state index contributed by atoms with van der Waals surface area (Å²) in [5.41, 5.74) is -0.406. The van der Waals surface area contributed by atoms with Crippen molar-refractivity contribution in [1.29, 1.82) is 0 Å². The molecule has 0 aliphatic heterocycles. The Morgan fingerprint density at radius 1 is 1.35 bits per heavy atom. The van der Waals surface area contributed by atoms with Crippen LogP contribution < -0.4 is 5.56 Å². The molecule has 0 radical (unpaired) electrons. The number of carbonyl (C=O) groups excluding carboxylic acids is 1. The zero-order valence-electron chi connectivity index (χ0n) is 9.74. The first-order chi connectivity index (χ1) is 7.99. The van der Waals surface area contributed by atoms with E-state index in [-0.39, 0.29) is 17.5 Å². The van der Waals surface area contributed by atoms with Gasteiger partial charge in [-0.15, -0.1) is 0 Å². The molecule has 0 atom stereocenters. The Kier molecular flexibility index (Phi) is 5.02. The Bertz CT molecular complexity index is 467. The van der Waals surface area contributed by atoms with Gasteiger partial charge in [0.1, 0.15) is 11.6 Å². The van der Waals surface area contributed by atoms with E-state index in [0.717, 1.165) is 0 Å². The standard InChI is InChI=1S/C11H14Cl2N2O2/c1-3-14(4-2)10(16)7-15-6-8(12)5-9(13)11(15)17/h5-6H,3-4,7H2,1-2H3. The molecule has 1 aromatic heterocycles. The molecule has 0 aliphatic carbocycles. The molecule has 0 fully saturated rings. The highest BCUT2D eigenvalue weighted by Gasteiger charge is 2.12. The fraction of sp³-hybridized carbons (Fsp3) is 0.455. The summed E-state index contributed by atoms with van der Waals surface area (Å²) in [5, 5.41) is 0.354. The van der Waals surface area contributed by atoms with E-state index in [9.17, 15) is 9.59 Å². The molecule has 1 amide bonds. The molecule has 0 N–H and O–H groups in total. The van der Waals surface area contributed by atoms with Crippen LogP contribution in [0, 0.1) is 0 Å². The van der Waals surface area contributed by atoms with E-state index in [2.05, 4.69) is 0 Å². The van der Waals surface area contributed by atoms with E-state index >= 15 is 0 Å². The lowest BCUT2D eigenvalue weighted by Crippen LogP contribution is -2.36. The Balaban J connectivity index is 2.96. The van der Waals surface area contributed by atoms with E-state index in [0.29, 0.717) is 18.1 Å². The second-order valence-electron chi connectivity index (χ2n) is 3.51. The first kappa shape index (κ1) is 14.1. The third-order valence-electron chi connectivity index (χ3n) is 2.43. The number of rotatable bonds is 4. The third-order valence-corrected chi connectivity index (χ3v) is 2.91. The summed E-state index contributed by atoms with van der Waals surface area (Å²) in [6, 6.07) is 1.36. The van der Waals surface area contributed by atoms with E-state index in [1.54, 1.807) is 4.90 Å². The Labute approximate surface area is 110 Å². The Hall–Kier alpha value is -1.00. The first-order valence-electron chi connectivity index (χ1n) is 5.32. The van der Waals surface area contributed by atoms with Crippen LogP contribution in [0.2, 0.25) is 10.0 Å². The lowest BCUT2D eigenvalue weighted by atomic mass is 10.4. The van der Waals surface area contributed by atoms with Gasteiger partial charge in [0.05, 0.1) is 5.02 Å². The number of hydrogen-bond donors (Lipinski definition) is 0. The maximum atomic E-state index is 11.8. The zero-order chi connectivity index (χ0) is 13.0. The molecule has 6 heteroatoms. The highest BCUT2D eigenvalue weighted by molar-refractivity contribution is 6.34. The van der Waals surface area contributed by atoms with Gasteiger partial charge in [0, 0.05) is 19.3 Å². The van der Waals surface area contributed by atoms with Gasteiger partial charge in [-0.25, -0.2) is 0 Å². The Morgan fingerprint density at radius 3 is 2.47 bits per heavy atom. The average molecular weight is 277 g/mol. The van der Waals surface area contributed by atoms with Crippen molar-refractivity contribution in [1.82, 2.24) is 9.47 Å². The van der Waals surface area contributed by atoms with Crippen LogP contribution in [-0.2, 0) is 11.3 Å². The van der Waals surface area contributed by atoms with Gasteiger partial charge in [-0.1, -0.05) is 23.2 Å². The van der Waals surface area contributed by atoms with Gasteiger partial charge < -0.3 is 9.47 Å². The number of aromatic nitrogens is 1. The summed E-state index contributed by atoms with van der Waals surface area (Å²) in [7, 11) is 0. The molecule has 0 saturated carbocycles. The molecule has 1 rings (SSSR count). The van der Waals surface area contributed by atoms with Crippen molar-refractivity contribution < 1.29 is 4.79 Å². The van der Waals surface area contributed by atoms with Crippen molar-refractivity contribution in [3.63, 3.8) is 0 Å². The number of halogens is 2. The van der Waals surface area contributed by atoms with Crippen LogP contribution >= 0.6 is 23.2 Å². The normalized spacial score (nSPS) is 10.4. The number of carbonyl (C=O) groups is 1. The fourth-order valence-corrected chi connectivity index (χ4v) is 2.01. The third kappa shape index (κ3) is 3.48. The van der Waals surface area contributed by atoms with Gasteiger partial charge in [0.2, 0.25) is 5.91 Å². The number of likely N-dealkylation sites (N-methyl/N-ethyl adjacent to an activating group) is 1. The minimum atomic E-state index is -0.406. The van der Waals surface area contributed by atoms with E-state index in [1.165, 1.54) is 16.8 Å². The summed E-state index contributed by atoms with van der Waals surface area (Å²) < 4.78 is 1.23. The van der Waals surface area contributed by atoms with Gasteiger partial charge in [-0.2, -0.15) is 0 Å². The lowest BCUT2D eigenvalue weighted by molar-refractivity contribution is -0.131. The smallest absolute Gasteiger partial charge is 0.269 e. The molecule has 1 aromatic rings. The average Bonchev–Trinajstić information content (AvgIpc) is 2.27. The highest BCUT2D eigenvalue weighted by atomic mass is 35.5. The molecular formula is C11H14Cl2N2O2. The van der Waals surface area contributed by atoms with Crippen molar-refractivity contribution in [2.45, 2.75) is 20.4 Å². The lowest BCUT2D eigenvalue weighted by Gasteiger charge is -2.19. The molecule has 0 spiro atoms. The van der Waals surface area contributed by atoms with Gasteiger partial charge in [-0.05, 0) is 19.9 Å². The summed E-state index contributed by atoms with van der Waals surface area (Å²) in [4.78, 5) is 25.1. The van der Waals surface area contributed by atoms with Crippen LogP contribution in [0.15, 0.2) is 17.1 Å². The Morgan fingerprint density at radius 2 is 1.94 bits per heavy atom. The van der Waals surface area contributed by atoms with Crippen LogP contribution in [0.1, 0.15) is 13.8 Å². The van der Waals surface area contributed by atoms with Crippen molar-refractivity contribution in [2.24, 2.45) is 0 Å². The molecule has 17 heavy (non-hydrogen) atoms. The first-order valence-corrected chi connectivity index (χ1v) is 6.08. The van der Waals surface area contributed by atoms with Crippen LogP contribution in [-0.4, -0.2) is 28.5 Å². The van der Waals surface area contributed by atoms with Crippen molar-refractivity contribution in [3.05, 3.63) is 32.7 Å².